The Balaban J connectivity index is 2.72. The lowest BCUT2D eigenvalue weighted by atomic mass is 10.1. The topological polar surface area (TPSA) is 18.5 Å². The molecule has 1 aromatic carbocycles. The van der Waals surface area contributed by atoms with Gasteiger partial charge in [-0.3, -0.25) is 0 Å². The lowest BCUT2D eigenvalue weighted by Crippen LogP contribution is -2.29. The highest BCUT2D eigenvalue weighted by Crippen LogP contribution is 2.22. The van der Waals surface area contributed by atoms with Crippen LogP contribution in [0.3, 0.4) is 0 Å². The quantitative estimate of drug-likeness (QED) is 0.567. The summed E-state index contributed by atoms with van der Waals surface area (Å²) in [5, 5.41) is -1.05. The molecule has 0 aliphatic rings. The third-order valence-corrected chi connectivity index (χ3v) is 2.59. The molecule has 0 bridgehead atoms. The van der Waals surface area contributed by atoms with Gasteiger partial charge in [-0.15, -0.1) is 0 Å². The van der Waals surface area contributed by atoms with Crippen LogP contribution < -0.4 is 0 Å². The maximum atomic E-state index is 6.04. The van der Waals surface area contributed by atoms with Gasteiger partial charge in [0.2, 0.25) is 0 Å². The average Bonchev–Trinajstić information content (AvgIpc) is 2.21. The maximum Gasteiger partial charge on any atom is 0.251 e. The molecule has 0 fully saturated rings. The average molecular weight is 215 g/mol. The predicted molar refractivity (Wildman–Crippen MR) is 57.5 cm³/mol. The Morgan fingerprint density at radius 1 is 1.14 bits per heavy atom. The predicted octanol–water partition coefficient (Wildman–Crippen LogP) is 2.72. The lowest BCUT2D eigenvalue weighted by molar-refractivity contribution is -0.139. The van der Waals surface area contributed by atoms with Crippen LogP contribution in [0.5, 0.6) is 0 Å². The molecular weight excluding hydrogens is 200 g/mol. The van der Waals surface area contributed by atoms with Gasteiger partial charge in [-0.25, -0.2) is 0 Å². The summed E-state index contributed by atoms with van der Waals surface area (Å²) in [5.74, 6) is 0. The van der Waals surface area contributed by atoms with Crippen LogP contribution in [-0.4, -0.2) is 19.5 Å². The van der Waals surface area contributed by atoms with E-state index >= 15 is 0 Å². The monoisotopic (exact) mass is 214 g/mol. The first-order chi connectivity index (χ1) is 6.59. The van der Waals surface area contributed by atoms with Gasteiger partial charge in [-0.05, 0) is 12.5 Å². The zero-order valence-electron chi connectivity index (χ0n) is 8.71. The normalized spacial score (nSPS) is 11.7. The minimum Gasteiger partial charge on any atom is -0.340 e. The number of ether oxygens (including phenoxy) is 2. The van der Waals surface area contributed by atoms with Crippen molar-refractivity contribution in [3.05, 3.63) is 35.4 Å². The fraction of sp³-hybridized carbons (Fsp3) is 0.455. The first-order valence-electron chi connectivity index (χ1n) is 4.44. The Kier molecular flexibility index (Phi) is 3.93. The van der Waals surface area contributed by atoms with Gasteiger partial charge >= 0.3 is 0 Å². The zero-order chi connectivity index (χ0) is 10.6. The smallest absolute Gasteiger partial charge is 0.251 e. The molecule has 0 saturated heterocycles. The standard InChI is InChI=1S/C11H15ClO2/c1-9-4-6-10(7-5-9)8-11(12,13-2)14-3/h4-7H,8H2,1-3H3. The second-order valence-corrected chi connectivity index (χ2v) is 3.81. The molecule has 0 N–H and O–H groups in total. The lowest BCUT2D eigenvalue weighted by Gasteiger charge is -2.23. The van der Waals surface area contributed by atoms with Gasteiger partial charge < -0.3 is 9.47 Å². The summed E-state index contributed by atoms with van der Waals surface area (Å²) in [4.78, 5) is 0. The molecule has 78 valence electrons. The van der Waals surface area contributed by atoms with Gasteiger partial charge in [0.15, 0.2) is 0 Å². The summed E-state index contributed by atoms with van der Waals surface area (Å²) >= 11 is 6.04. The molecule has 0 heterocycles. The van der Waals surface area contributed by atoms with Gasteiger partial charge in [-0.1, -0.05) is 41.4 Å². The van der Waals surface area contributed by atoms with Crippen molar-refractivity contribution in [3.63, 3.8) is 0 Å². The van der Waals surface area contributed by atoms with Gasteiger partial charge in [0.1, 0.15) is 0 Å². The number of hydrogen-bond acceptors (Lipinski definition) is 2. The number of aryl methyl sites for hydroxylation is 1. The molecular formula is C11H15ClO2. The van der Waals surface area contributed by atoms with Crippen molar-refractivity contribution in [2.45, 2.75) is 18.6 Å². The van der Waals surface area contributed by atoms with Crippen molar-refractivity contribution >= 4 is 11.6 Å². The van der Waals surface area contributed by atoms with E-state index in [9.17, 15) is 0 Å². The zero-order valence-corrected chi connectivity index (χ0v) is 9.47. The Bertz CT molecular complexity index is 278. The fourth-order valence-electron chi connectivity index (χ4n) is 1.18. The van der Waals surface area contributed by atoms with Crippen LogP contribution in [0.2, 0.25) is 0 Å². The first kappa shape index (κ1) is 11.5. The summed E-state index contributed by atoms with van der Waals surface area (Å²) < 4.78 is 10.1. The molecule has 0 amide bonds. The molecule has 0 radical (unpaired) electrons. The highest BCUT2D eigenvalue weighted by atomic mass is 35.5. The Morgan fingerprint density at radius 3 is 2.07 bits per heavy atom. The second kappa shape index (κ2) is 4.78. The molecule has 0 aliphatic heterocycles. The Labute approximate surface area is 89.8 Å². The minimum absolute atomic E-state index is 0.530. The van der Waals surface area contributed by atoms with Gasteiger partial charge in [0, 0.05) is 20.6 Å². The highest BCUT2D eigenvalue weighted by molar-refractivity contribution is 6.22. The van der Waals surface area contributed by atoms with E-state index in [1.165, 1.54) is 19.8 Å². The van der Waals surface area contributed by atoms with Crippen molar-refractivity contribution in [1.29, 1.82) is 0 Å². The van der Waals surface area contributed by atoms with Crippen LogP contribution in [0.15, 0.2) is 24.3 Å². The molecule has 0 atom stereocenters. The van der Waals surface area contributed by atoms with E-state index in [1.54, 1.807) is 0 Å². The molecule has 0 spiro atoms. The van der Waals surface area contributed by atoms with Crippen LogP contribution >= 0.6 is 11.6 Å². The summed E-state index contributed by atoms with van der Waals surface area (Å²) in [5.41, 5.74) is 2.32. The molecule has 3 heteroatoms. The fourth-order valence-corrected chi connectivity index (χ4v) is 1.33. The number of halogens is 1. The van der Waals surface area contributed by atoms with E-state index in [-0.39, 0.29) is 0 Å². The largest absolute Gasteiger partial charge is 0.340 e. The summed E-state index contributed by atoms with van der Waals surface area (Å²) in [7, 11) is 3.06. The third kappa shape index (κ3) is 2.98. The van der Waals surface area contributed by atoms with Crippen molar-refractivity contribution in [1.82, 2.24) is 0 Å². The van der Waals surface area contributed by atoms with E-state index in [4.69, 9.17) is 21.1 Å². The molecule has 0 aromatic heterocycles. The van der Waals surface area contributed by atoms with E-state index in [0.29, 0.717) is 6.42 Å². The van der Waals surface area contributed by atoms with E-state index in [0.717, 1.165) is 5.56 Å². The van der Waals surface area contributed by atoms with E-state index in [2.05, 4.69) is 0 Å². The minimum atomic E-state index is -1.05. The summed E-state index contributed by atoms with van der Waals surface area (Å²) in [6.45, 7) is 2.05. The van der Waals surface area contributed by atoms with Crippen molar-refractivity contribution in [2.75, 3.05) is 14.2 Å². The van der Waals surface area contributed by atoms with Crippen molar-refractivity contribution < 1.29 is 9.47 Å². The van der Waals surface area contributed by atoms with Crippen LogP contribution in [0.1, 0.15) is 11.1 Å². The summed E-state index contributed by atoms with van der Waals surface area (Å²) in [6.07, 6.45) is 0.530. The number of methoxy groups -OCH3 is 2. The molecule has 1 aromatic rings. The van der Waals surface area contributed by atoms with Gasteiger partial charge in [0.05, 0.1) is 0 Å². The number of rotatable bonds is 4. The molecule has 0 unspecified atom stereocenters. The Morgan fingerprint density at radius 2 is 1.64 bits per heavy atom. The third-order valence-electron chi connectivity index (χ3n) is 2.15. The van der Waals surface area contributed by atoms with Crippen molar-refractivity contribution in [2.24, 2.45) is 0 Å². The Hall–Kier alpha value is -0.570. The van der Waals surface area contributed by atoms with Crippen LogP contribution in [0, 0.1) is 6.92 Å². The van der Waals surface area contributed by atoms with Gasteiger partial charge in [0.25, 0.3) is 5.25 Å². The second-order valence-electron chi connectivity index (χ2n) is 3.23. The molecule has 14 heavy (non-hydrogen) atoms. The number of benzene rings is 1. The molecule has 1 rings (SSSR count). The van der Waals surface area contributed by atoms with E-state index < -0.39 is 5.25 Å². The molecule has 2 nitrogen and oxygen atoms in total. The number of alkyl halides is 1. The van der Waals surface area contributed by atoms with Crippen LogP contribution in [-0.2, 0) is 15.9 Å². The first-order valence-corrected chi connectivity index (χ1v) is 4.82. The maximum absolute atomic E-state index is 6.04. The van der Waals surface area contributed by atoms with Crippen molar-refractivity contribution in [3.8, 4) is 0 Å². The van der Waals surface area contributed by atoms with E-state index in [1.807, 2.05) is 31.2 Å². The van der Waals surface area contributed by atoms with Crippen LogP contribution in [0.4, 0.5) is 0 Å². The number of hydrogen-bond donors (Lipinski definition) is 0. The molecule has 0 saturated carbocycles. The molecule has 0 aliphatic carbocycles. The van der Waals surface area contributed by atoms with Gasteiger partial charge in [-0.2, -0.15) is 0 Å². The summed E-state index contributed by atoms with van der Waals surface area (Å²) in [6, 6.07) is 8.12. The van der Waals surface area contributed by atoms with Crippen LogP contribution in [0.25, 0.3) is 0 Å². The SMILES string of the molecule is COC(Cl)(Cc1ccc(C)cc1)OC. The highest BCUT2D eigenvalue weighted by Gasteiger charge is 2.26.